The van der Waals surface area contributed by atoms with Gasteiger partial charge in [-0.15, -0.1) is 0 Å². The van der Waals surface area contributed by atoms with Gasteiger partial charge in [-0.25, -0.2) is 0 Å². The first kappa shape index (κ1) is 16.0. The van der Waals surface area contributed by atoms with Crippen LogP contribution in [-0.4, -0.2) is 27.5 Å². The molecule has 0 radical (unpaired) electrons. The van der Waals surface area contributed by atoms with Crippen molar-refractivity contribution in [3.8, 4) is 0 Å². The van der Waals surface area contributed by atoms with Crippen molar-refractivity contribution in [1.82, 2.24) is 15.0 Å². The van der Waals surface area contributed by atoms with E-state index in [0.717, 1.165) is 5.56 Å². The summed E-state index contributed by atoms with van der Waals surface area (Å²) in [6.45, 7) is 7.29. The number of aromatic nitrogens is 2. The zero-order chi connectivity index (χ0) is 16.6. The highest BCUT2D eigenvalue weighted by atomic mass is 35.5. The Kier molecular flexibility index (Phi) is 4.15. The molecule has 23 heavy (non-hydrogen) atoms. The van der Waals surface area contributed by atoms with Crippen molar-refractivity contribution in [3.05, 3.63) is 46.6 Å². The van der Waals surface area contributed by atoms with Crippen LogP contribution >= 0.6 is 11.6 Å². The zero-order valence-electron chi connectivity index (χ0n) is 13.5. The lowest BCUT2D eigenvalue weighted by molar-refractivity contribution is -0.128. The van der Waals surface area contributed by atoms with Gasteiger partial charge in [0.15, 0.2) is 5.82 Å². The Morgan fingerprint density at radius 3 is 2.61 bits per heavy atom. The molecular weight excluding hydrogens is 314 g/mol. The number of carbonyl (C=O) groups excluding carboxylic acids is 1. The third kappa shape index (κ3) is 3.55. The third-order valence-electron chi connectivity index (χ3n) is 3.96. The molecule has 2 aromatic rings. The predicted octanol–water partition coefficient (Wildman–Crippen LogP) is 3.54. The zero-order valence-corrected chi connectivity index (χ0v) is 14.3. The summed E-state index contributed by atoms with van der Waals surface area (Å²) in [6, 6.07) is 7.55. The van der Waals surface area contributed by atoms with E-state index >= 15 is 0 Å². The van der Waals surface area contributed by atoms with Crippen LogP contribution in [0, 0.1) is 0 Å². The fraction of sp³-hybridized carbons (Fsp3) is 0.471. The minimum Gasteiger partial charge on any atom is -0.339 e. The highest BCUT2D eigenvalue weighted by Gasteiger charge is 2.35. The van der Waals surface area contributed by atoms with Crippen molar-refractivity contribution < 1.29 is 9.32 Å². The van der Waals surface area contributed by atoms with Crippen LogP contribution in [0.2, 0.25) is 5.02 Å². The molecule has 6 heteroatoms. The minimum atomic E-state index is -0.159. The molecule has 0 spiro atoms. The number of rotatable bonds is 3. The van der Waals surface area contributed by atoms with Crippen molar-refractivity contribution in [3.63, 3.8) is 0 Å². The van der Waals surface area contributed by atoms with Crippen molar-refractivity contribution in [2.24, 2.45) is 0 Å². The lowest BCUT2D eigenvalue weighted by Crippen LogP contribution is -2.24. The molecule has 1 saturated heterocycles. The molecule has 5 nitrogen and oxygen atoms in total. The van der Waals surface area contributed by atoms with Crippen LogP contribution in [0.25, 0.3) is 0 Å². The topological polar surface area (TPSA) is 59.2 Å². The van der Waals surface area contributed by atoms with Gasteiger partial charge in [-0.3, -0.25) is 4.79 Å². The lowest BCUT2D eigenvalue weighted by Gasteiger charge is -2.16. The second-order valence-corrected chi connectivity index (χ2v) is 7.44. The molecule has 0 aliphatic carbocycles. The van der Waals surface area contributed by atoms with Crippen molar-refractivity contribution in [2.75, 3.05) is 6.54 Å². The first-order valence-corrected chi connectivity index (χ1v) is 8.07. The summed E-state index contributed by atoms with van der Waals surface area (Å²) in [5, 5.41) is 4.74. The van der Waals surface area contributed by atoms with E-state index in [1.165, 1.54) is 0 Å². The van der Waals surface area contributed by atoms with Gasteiger partial charge in [0.1, 0.15) is 0 Å². The maximum absolute atomic E-state index is 12.2. The van der Waals surface area contributed by atoms with Gasteiger partial charge in [0.2, 0.25) is 11.8 Å². The summed E-state index contributed by atoms with van der Waals surface area (Å²) in [7, 11) is 0. The average molecular weight is 334 g/mol. The van der Waals surface area contributed by atoms with Crippen LogP contribution in [0.3, 0.4) is 0 Å². The normalized spacial score (nSPS) is 18.7. The van der Waals surface area contributed by atoms with Gasteiger partial charge in [-0.1, -0.05) is 49.7 Å². The molecule has 1 atom stereocenters. The number of amides is 1. The van der Waals surface area contributed by atoms with E-state index in [-0.39, 0.29) is 17.2 Å². The molecular formula is C17H20ClN3O2. The molecule has 1 unspecified atom stereocenters. The SMILES string of the molecule is CC(C)(C)c1noc(C2CC(=O)N(Cc3ccc(Cl)cc3)C2)n1. The Morgan fingerprint density at radius 1 is 1.30 bits per heavy atom. The van der Waals surface area contributed by atoms with Gasteiger partial charge in [0.25, 0.3) is 0 Å². The molecule has 1 aliphatic rings. The molecule has 1 fully saturated rings. The molecule has 1 amide bonds. The average Bonchev–Trinajstić information content (AvgIpc) is 3.08. The maximum atomic E-state index is 12.2. The van der Waals surface area contributed by atoms with Crippen LogP contribution < -0.4 is 0 Å². The van der Waals surface area contributed by atoms with Gasteiger partial charge < -0.3 is 9.42 Å². The Morgan fingerprint density at radius 2 is 2.00 bits per heavy atom. The summed E-state index contributed by atoms with van der Waals surface area (Å²) < 4.78 is 5.38. The molecule has 2 heterocycles. The number of hydrogen-bond acceptors (Lipinski definition) is 4. The first-order chi connectivity index (χ1) is 10.8. The number of nitrogens with zero attached hydrogens (tertiary/aromatic N) is 3. The van der Waals surface area contributed by atoms with Gasteiger partial charge >= 0.3 is 0 Å². The summed E-state index contributed by atoms with van der Waals surface area (Å²) in [4.78, 5) is 18.5. The molecule has 3 rings (SSSR count). The second-order valence-electron chi connectivity index (χ2n) is 7.01. The Balaban J connectivity index is 1.69. The number of hydrogen-bond donors (Lipinski definition) is 0. The molecule has 1 aromatic heterocycles. The summed E-state index contributed by atoms with van der Waals surface area (Å²) in [5.41, 5.74) is 0.900. The fourth-order valence-electron chi connectivity index (χ4n) is 2.61. The van der Waals surface area contributed by atoms with Crippen LogP contribution in [0.5, 0.6) is 0 Å². The quantitative estimate of drug-likeness (QED) is 0.862. The largest absolute Gasteiger partial charge is 0.339 e. The van der Waals surface area contributed by atoms with E-state index < -0.39 is 0 Å². The number of likely N-dealkylation sites (tertiary alicyclic amines) is 1. The standard InChI is InChI=1S/C17H20ClN3O2/c1-17(2,3)16-19-15(23-20-16)12-8-14(22)21(10-12)9-11-4-6-13(18)7-5-11/h4-7,12H,8-10H2,1-3H3. The van der Waals surface area contributed by atoms with E-state index in [1.54, 1.807) is 0 Å². The van der Waals surface area contributed by atoms with Crippen molar-refractivity contribution >= 4 is 17.5 Å². The number of carbonyl (C=O) groups is 1. The second kappa shape index (κ2) is 5.96. The lowest BCUT2D eigenvalue weighted by atomic mass is 9.96. The molecule has 0 N–H and O–H groups in total. The summed E-state index contributed by atoms with van der Waals surface area (Å²) >= 11 is 5.89. The highest BCUT2D eigenvalue weighted by molar-refractivity contribution is 6.30. The predicted molar refractivity (Wildman–Crippen MR) is 87.2 cm³/mol. The summed E-state index contributed by atoms with van der Waals surface area (Å²) in [6.07, 6.45) is 0.416. The smallest absolute Gasteiger partial charge is 0.232 e. The monoisotopic (exact) mass is 333 g/mol. The Bertz CT molecular complexity index is 703. The van der Waals surface area contributed by atoms with E-state index in [2.05, 4.69) is 10.1 Å². The van der Waals surface area contributed by atoms with Crippen LogP contribution in [0.4, 0.5) is 0 Å². The van der Waals surface area contributed by atoms with E-state index in [9.17, 15) is 4.79 Å². The molecule has 0 bridgehead atoms. The van der Waals surface area contributed by atoms with Gasteiger partial charge in [-0.05, 0) is 17.7 Å². The highest BCUT2D eigenvalue weighted by Crippen LogP contribution is 2.30. The van der Waals surface area contributed by atoms with E-state index in [4.69, 9.17) is 16.1 Å². The fourth-order valence-corrected chi connectivity index (χ4v) is 2.73. The van der Waals surface area contributed by atoms with Crippen molar-refractivity contribution in [1.29, 1.82) is 0 Å². The Labute approximate surface area is 140 Å². The molecule has 122 valence electrons. The third-order valence-corrected chi connectivity index (χ3v) is 4.21. The minimum absolute atomic E-state index is 0.0293. The van der Waals surface area contributed by atoms with Gasteiger partial charge in [0.05, 0.1) is 5.92 Å². The molecule has 1 aromatic carbocycles. The number of halogens is 1. The summed E-state index contributed by atoms with van der Waals surface area (Å²) in [5.74, 6) is 1.32. The maximum Gasteiger partial charge on any atom is 0.232 e. The van der Waals surface area contributed by atoms with E-state index in [0.29, 0.717) is 36.2 Å². The number of benzene rings is 1. The van der Waals surface area contributed by atoms with E-state index in [1.807, 2.05) is 49.9 Å². The van der Waals surface area contributed by atoms with Crippen LogP contribution in [-0.2, 0) is 16.8 Å². The first-order valence-electron chi connectivity index (χ1n) is 7.69. The molecule has 0 saturated carbocycles. The van der Waals surface area contributed by atoms with Crippen LogP contribution in [0.1, 0.15) is 50.4 Å². The Hall–Kier alpha value is -1.88. The van der Waals surface area contributed by atoms with Gasteiger partial charge in [0, 0.05) is 29.9 Å². The van der Waals surface area contributed by atoms with Crippen molar-refractivity contribution in [2.45, 2.75) is 45.1 Å². The molecule has 1 aliphatic heterocycles. The van der Waals surface area contributed by atoms with Crippen LogP contribution in [0.15, 0.2) is 28.8 Å². The van der Waals surface area contributed by atoms with Gasteiger partial charge in [-0.2, -0.15) is 4.98 Å².